The summed E-state index contributed by atoms with van der Waals surface area (Å²) in [6, 6.07) is 7.55. The van der Waals surface area contributed by atoms with Crippen LogP contribution in [0.25, 0.3) is 0 Å². The molecule has 7 nitrogen and oxygen atoms in total. The summed E-state index contributed by atoms with van der Waals surface area (Å²) in [5.74, 6) is -0.422. The van der Waals surface area contributed by atoms with Crippen molar-refractivity contribution in [1.82, 2.24) is 14.2 Å². The molecule has 0 saturated carbocycles. The van der Waals surface area contributed by atoms with Crippen molar-refractivity contribution >= 4 is 39.1 Å². The summed E-state index contributed by atoms with van der Waals surface area (Å²) in [5, 5.41) is 0.133. The van der Waals surface area contributed by atoms with Crippen molar-refractivity contribution in [3.8, 4) is 0 Å². The Balaban J connectivity index is 1.76. The molecule has 27 heavy (non-hydrogen) atoms. The number of halogens is 2. The van der Waals surface area contributed by atoms with Gasteiger partial charge in [-0.3, -0.25) is 9.59 Å². The number of H-pyrrole nitrogens is 1. The molecule has 10 heteroatoms. The summed E-state index contributed by atoms with van der Waals surface area (Å²) in [7, 11) is -3.83. The summed E-state index contributed by atoms with van der Waals surface area (Å²) < 4.78 is 26.9. The SMILES string of the molecule is Cc1ccc(C(=O)N2CCN(S(=O)(=O)c3cccc(Cl)c3Cl)CC2)c(=O)[nH]1. The molecule has 1 fully saturated rings. The molecule has 1 aliphatic rings. The van der Waals surface area contributed by atoms with Crippen molar-refractivity contribution in [2.75, 3.05) is 26.2 Å². The molecule has 3 rings (SSSR count). The van der Waals surface area contributed by atoms with Crippen molar-refractivity contribution < 1.29 is 13.2 Å². The normalized spacial score (nSPS) is 15.7. The molecule has 144 valence electrons. The van der Waals surface area contributed by atoms with Gasteiger partial charge >= 0.3 is 0 Å². The quantitative estimate of drug-likeness (QED) is 0.808. The summed E-state index contributed by atoms with van der Waals surface area (Å²) >= 11 is 12.0. The number of carbonyl (C=O) groups is 1. The zero-order chi connectivity index (χ0) is 19.8. The smallest absolute Gasteiger partial charge is 0.260 e. The van der Waals surface area contributed by atoms with Gasteiger partial charge in [0.25, 0.3) is 11.5 Å². The van der Waals surface area contributed by atoms with E-state index in [1.165, 1.54) is 33.5 Å². The Bertz CT molecular complexity index is 1040. The summed E-state index contributed by atoms with van der Waals surface area (Å²) in [6.07, 6.45) is 0. The lowest BCUT2D eigenvalue weighted by Gasteiger charge is -2.34. The number of benzene rings is 1. The maximum Gasteiger partial charge on any atom is 0.260 e. The zero-order valence-corrected chi connectivity index (χ0v) is 16.7. The lowest BCUT2D eigenvalue weighted by molar-refractivity contribution is 0.0696. The highest BCUT2D eigenvalue weighted by Gasteiger charge is 2.32. The predicted molar refractivity (Wildman–Crippen MR) is 103 cm³/mol. The van der Waals surface area contributed by atoms with Gasteiger partial charge in [0.15, 0.2) is 0 Å². The van der Waals surface area contributed by atoms with E-state index in [2.05, 4.69) is 4.98 Å². The van der Waals surface area contributed by atoms with Crippen LogP contribution in [0, 0.1) is 6.92 Å². The Kier molecular flexibility index (Phi) is 5.62. The van der Waals surface area contributed by atoms with E-state index in [0.717, 1.165) is 0 Å². The number of aryl methyl sites for hydroxylation is 1. The maximum atomic E-state index is 12.8. The molecule has 0 spiro atoms. The van der Waals surface area contributed by atoms with E-state index in [-0.39, 0.29) is 46.7 Å². The second-order valence-corrected chi connectivity index (χ2v) is 8.82. The number of sulfonamides is 1. The van der Waals surface area contributed by atoms with Crippen LogP contribution in [0.15, 0.2) is 40.0 Å². The lowest BCUT2D eigenvalue weighted by Crippen LogP contribution is -2.51. The second-order valence-electron chi connectivity index (χ2n) is 6.13. The third-order valence-corrected chi connectivity index (χ3v) is 7.22. The number of pyridine rings is 1. The molecule has 0 atom stereocenters. The van der Waals surface area contributed by atoms with Crippen molar-refractivity contribution in [1.29, 1.82) is 0 Å². The minimum absolute atomic E-state index is 0.0242. The van der Waals surface area contributed by atoms with Gasteiger partial charge in [0.05, 0.1) is 10.0 Å². The first-order valence-corrected chi connectivity index (χ1v) is 10.3. The second kappa shape index (κ2) is 7.63. The van der Waals surface area contributed by atoms with Gasteiger partial charge in [0.1, 0.15) is 10.5 Å². The highest BCUT2D eigenvalue weighted by molar-refractivity contribution is 7.89. The van der Waals surface area contributed by atoms with Crippen LogP contribution in [0.5, 0.6) is 0 Å². The van der Waals surface area contributed by atoms with E-state index >= 15 is 0 Å². The third-order valence-electron chi connectivity index (χ3n) is 4.35. The highest BCUT2D eigenvalue weighted by atomic mass is 35.5. The average Bonchev–Trinajstić information content (AvgIpc) is 2.63. The number of carbonyl (C=O) groups excluding carboxylic acids is 1. The van der Waals surface area contributed by atoms with E-state index in [4.69, 9.17) is 23.2 Å². The Morgan fingerprint density at radius 1 is 1.07 bits per heavy atom. The number of aromatic nitrogens is 1. The molecule has 1 aromatic carbocycles. The number of piperazine rings is 1. The number of nitrogens with zero attached hydrogens (tertiary/aromatic N) is 2. The molecule has 2 heterocycles. The average molecular weight is 430 g/mol. The van der Waals surface area contributed by atoms with E-state index < -0.39 is 21.5 Å². The Labute approximate surface area is 166 Å². The van der Waals surface area contributed by atoms with Gasteiger partial charge in [-0.05, 0) is 31.2 Å². The van der Waals surface area contributed by atoms with Crippen molar-refractivity contribution in [2.24, 2.45) is 0 Å². The minimum atomic E-state index is -3.83. The Morgan fingerprint density at radius 2 is 1.74 bits per heavy atom. The van der Waals surface area contributed by atoms with Crippen LogP contribution >= 0.6 is 23.2 Å². The van der Waals surface area contributed by atoms with Crippen LogP contribution in [0.2, 0.25) is 10.0 Å². The van der Waals surface area contributed by atoms with Crippen LogP contribution in [0.1, 0.15) is 16.1 Å². The molecule has 1 amide bonds. The molecule has 0 unspecified atom stereocenters. The maximum absolute atomic E-state index is 12.8. The molecule has 2 aromatic rings. The van der Waals surface area contributed by atoms with Gasteiger partial charge in [-0.25, -0.2) is 8.42 Å². The first kappa shape index (κ1) is 19.9. The molecule has 0 bridgehead atoms. The van der Waals surface area contributed by atoms with Gasteiger partial charge < -0.3 is 9.88 Å². The van der Waals surface area contributed by atoms with Gasteiger partial charge in [-0.1, -0.05) is 29.3 Å². The summed E-state index contributed by atoms with van der Waals surface area (Å²) in [4.78, 5) is 28.5. The lowest BCUT2D eigenvalue weighted by atomic mass is 10.2. The largest absolute Gasteiger partial charge is 0.336 e. The molecule has 1 aromatic heterocycles. The first-order valence-electron chi connectivity index (χ1n) is 8.15. The number of aromatic amines is 1. The van der Waals surface area contributed by atoms with E-state index in [0.29, 0.717) is 5.69 Å². The topological polar surface area (TPSA) is 90.6 Å². The van der Waals surface area contributed by atoms with E-state index in [1.807, 2.05) is 0 Å². The van der Waals surface area contributed by atoms with E-state index in [1.54, 1.807) is 13.0 Å². The fraction of sp³-hybridized carbons (Fsp3) is 0.294. The molecular weight excluding hydrogens is 413 g/mol. The minimum Gasteiger partial charge on any atom is -0.336 e. The van der Waals surface area contributed by atoms with Gasteiger partial charge in [-0.2, -0.15) is 4.31 Å². The molecule has 1 N–H and O–H groups in total. The molecular formula is C17H17Cl2N3O4S. The molecule has 0 aliphatic carbocycles. The Hall–Kier alpha value is -1.87. The van der Waals surface area contributed by atoms with E-state index in [9.17, 15) is 18.0 Å². The number of nitrogens with one attached hydrogen (secondary N) is 1. The first-order chi connectivity index (χ1) is 12.7. The van der Waals surface area contributed by atoms with Crippen molar-refractivity contribution in [3.05, 3.63) is 62.0 Å². The Morgan fingerprint density at radius 3 is 2.37 bits per heavy atom. The van der Waals surface area contributed by atoms with Crippen LogP contribution in [0.3, 0.4) is 0 Å². The van der Waals surface area contributed by atoms with Crippen LogP contribution in [-0.4, -0.2) is 54.7 Å². The zero-order valence-electron chi connectivity index (χ0n) is 14.4. The van der Waals surface area contributed by atoms with Gasteiger partial charge in [0, 0.05) is 31.9 Å². The molecule has 1 saturated heterocycles. The number of amides is 1. The van der Waals surface area contributed by atoms with Crippen LogP contribution < -0.4 is 5.56 Å². The summed E-state index contributed by atoms with van der Waals surface area (Å²) in [6.45, 7) is 2.26. The summed E-state index contributed by atoms with van der Waals surface area (Å²) in [5.41, 5.74) is 0.237. The van der Waals surface area contributed by atoms with Gasteiger partial charge in [-0.15, -0.1) is 0 Å². The van der Waals surface area contributed by atoms with Gasteiger partial charge in [0.2, 0.25) is 10.0 Å². The van der Waals surface area contributed by atoms with Crippen LogP contribution in [0.4, 0.5) is 0 Å². The number of hydrogen-bond acceptors (Lipinski definition) is 4. The fourth-order valence-corrected chi connectivity index (χ4v) is 5.02. The molecule has 1 aliphatic heterocycles. The predicted octanol–water partition coefficient (Wildman–Crippen LogP) is 2.14. The fourth-order valence-electron chi connectivity index (χ4n) is 2.86. The third kappa shape index (κ3) is 3.89. The van der Waals surface area contributed by atoms with Crippen LogP contribution in [-0.2, 0) is 10.0 Å². The molecule has 0 radical (unpaired) electrons. The number of hydrogen-bond donors (Lipinski definition) is 1. The monoisotopic (exact) mass is 429 g/mol. The van der Waals surface area contributed by atoms with Crippen molar-refractivity contribution in [3.63, 3.8) is 0 Å². The van der Waals surface area contributed by atoms with Crippen molar-refractivity contribution in [2.45, 2.75) is 11.8 Å². The highest BCUT2D eigenvalue weighted by Crippen LogP contribution is 2.31. The standard InChI is InChI=1S/C17H17Cl2N3O4S/c1-11-5-6-12(16(23)20-11)17(24)21-7-9-22(10-8-21)27(25,26)14-4-2-3-13(18)15(14)19/h2-6H,7-10H2,1H3,(H,20,23). The number of rotatable bonds is 3.